The van der Waals surface area contributed by atoms with Crippen molar-refractivity contribution in [3.05, 3.63) is 67.1 Å². The second-order valence-corrected chi connectivity index (χ2v) is 15.4. The Labute approximate surface area is 283 Å². The van der Waals surface area contributed by atoms with Gasteiger partial charge >= 0.3 is 0 Å². The van der Waals surface area contributed by atoms with E-state index < -0.39 is 20.2 Å². The zero-order chi connectivity index (χ0) is 33.1. The van der Waals surface area contributed by atoms with Crippen LogP contribution in [0.2, 0.25) is 20.1 Å². The number of aryl methyl sites for hydroxylation is 2. The zero-order valence-electron chi connectivity index (χ0n) is 24.7. The number of imidazole rings is 1. The van der Waals surface area contributed by atoms with Crippen LogP contribution in [0.5, 0.6) is 0 Å². The number of benzene rings is 2. The van der Waals surface area contributed by atoms with E-state index in [4.69, 9.17) is 46.4 Å². The lowest BCUT2D eigenvalue weighted by Gasteiger charge is -2.22. The van der Waals surface area contributed by atoms with Crippen molar-refractivity contribution in [2.45, 2.75) is 58.9 Å². The molecule has 1 aromatic heterocycles. The van der Waals surface area contributed by atoms with Gasteiger partial charge in [-0.1, -0.05) is 66.3 Å². The Morgan fingerprint density at radius 3 is 2.09 bits per heavy atom. The lowest BCUT2D eigenvalue weighted by Crippen LogP contribution is -2.36. The first-order valence-electron chi connectivity index (χ1n) is 14.4. The van der Waals surface area contributed by atoms with Gasteiger partial charge in [0.25, 0.3) is 26.1 Å². The van der Waals surface area contributed by atoms with Crippen LogP contribution in [0.3, 0.4) is 0 Å². The second kappa shape index (κ2) is 14.8. The van der Waals surface area contributed by atoms with Crippen LogP contribution in [0.4, 0.5) is 11.4 Å². The maximum atomic E-state index is 11.3. The summed E-state index contributed by atoms with van der Waals surface area (Å²) >= 11 is 26.0. The van der Waals surface area contributed by atoms with E-state index in [0.29, 0.717) is 58.9 Å². The van der Waals surface area contributed by atoms with Crippen molar-refractivity contribution >= 4 is 95.1 Å². The molecule has 4 rings (SSSR count). The van der Waals surface area contributed by atoms with Gasteiger partial charge in [-0.2, -0.15) is 16.8 Å². The molecule has 246 valence electrons. The van der Waals surface area contributed by atoms with Gasteiger partial charge in [-0.25, -0.2) is 9.55 Å². The van der Waals surface area contributed by atoms with Crippen LogP contribution >= 0.6 is 46.4 Å². The molecule has 0 bridgehead atoms. The maximum Gasteiger partial charge on any atom is 0.280 e. The maximum absolute atomic E-state index is 11.3. The molecule has 3 aromatic rings. The van der Waals surface area contributed by atoms with Crippen molar-refractivity contribution in [1.82, 2.24) is 4.98 Å². The quantitative estimate of drug-likeness (QED) is 0.0765. The number of anilines is 2. The number of aromatic nitrogens is 2. The summed E-state index contributed by atoms with van der Waals surface area (Å²) in [5, 5.41) is 5.14. The number of nitrogens with zero attached hydrogens (tertiary/aromatic N) is 2. The van der Waals surface area contributed by atoms with Gasteiger partial charge in [0.05, 0.1) is 49.5 Å². The zero-order valence-corrected chi connectivity index (χ0v) is 29.4. The second-order valence-electron chi connectivity index (χ2n) is 10.6. The van der Waals surface area contributed by atoms with E-state index in [1.54, 1.807) is 12.1 Å². The highest BCUT2D eigenvalue weighted by Gasteiger charge is 2.29. The summed E-state index contributed by atoms with van der Waals surface area (Å²) in [6, 6.07) is 3.51. The van der Waals surface area contributed by atoms with Crippen molar-refractivity contribution in [3.8, 4) is 0 Å². The summed E-state index contributed by atoms with van der Waals surface area (Å²) in [5.41, 5.74) is 4.96. The van der Waals surface area contributed by atoms with Crippen LogP contribution in [0.25, 0.3) is 17.1 Å². The average Bonchev–Trinajstić information content (AvgIpc) is 3.46. The number of fused-ring (bicyclic) bond motifs is 2. The monoisotopic (exact) mass is 739 g/mol. The summed E-state index contributed by atoms with van der Waals surface area (Å²) in [4.78, 5) is 5.42. The third-order valence-corrected chi connectivity index (χ3v) is 10.8. The lowest BCUT2D eigenvalue weighted by molar-refractivity contribution is -0.673. The van der Waals surface area contributed by atoms with Gasteiger partial charge in [0, 0.05) is 24.3 Å². The highest BCUT2D eigenvalue weighted by molar-refractivity contribution is 7.86. The Balaban J connectivity index is 1.71. The van der Waals surface area contributed by atoms with Crippen LogP contribution < -0.4 is 14.8 Å². The standard InChI is InChI=1S/C29H34Cl4N4O6S2/c1-3-18-26(32)20(30)16-22-28(18)36(12-5-7-14-44(38,39)40)24(34-22)10-9-11-25-35-23-17-21(31)27(33)19(4-2)29(23)37(25)13-6-8-15-45(41,42)43/h9-11,16-17H,3-8,12-15H2,1-2H3,(H3,34,35,38,39,40,41,42,43)/p+1. The number of H-pyrrole nitrogens is 1. The number of halogens is 4. The minimum Gasteiger partial charge on any atom is -0.340 e. The molecule has 0 aliphatic carbocycles. The molecule has 0 saturated heterocycles. The number of hydrogen-bond acceptors (Lipinski definition) is 6. The largest absolute Gasteiger partial charge is 0.340 e. The lowest BCUT2D eigenvalue weighted by atomic mass is 10.1. The molecular weight excluding hydrogens is 706 g/mol. The van der Waals surface area contributed by atoms with Crippen LogP contribution in [0.15, 0.2) is 30.1 Å². The molecule has 10 nitrogen and oxygen atoms in total. The van der Waals surface area contributed by atoms with Gasteiger partial charge in [-0.05, 0) is 56.2 Å². The Morgan fingerprint density at radius 2 is 1.47 bits per heavy atom. The summed E-state index contributed by atoms with van der Waals surface area (Å²) in [6.45, 7) is 4.86. The summed E-state index contributed by atoms with van der Waals surface area (Å²) in [5.74, 6) is 0.774. The average molecular weight is 742 g/mol. The number of hydrogen-bond donors (Lipinski definition) is 4. The molecular formula is C29H35Cl4N4O6S2+. The molecule has 2 heterocycles. The predicted molar refractivity (Wildman–Crippen MR) is 183 cm³/mol. The normalized spacial score (nSPS) is 14.7. The highest BCUT2D eigenvalue weighted by atomic mass is 35.5. The third-order valence-electron chi connectivity index (χ3n) is 7.50. The van der Waals surface area contributed by atoms with E-state index in [1.165, 1.54) is 0 Å². The summed E-state index contributed by atoms with van der Waals surface area (Å²) < 4.78 is 65.4. The number of aromatic amines is 1. The molecule has 1 aliphatic rings. The first-order chi connectivity index (χ1) is 21.1. The predicted octanol–water partition coefficient (Wildman–Crippen LogP) is 7.32. The van der Waals surface area contributed by atoms with E-state index in [-0.39, 0.29) is 24.3 Å². The van der Waals surface area contributed by atoms with Gasteiger partial charge in [-0.15, -0.1) is 0 Å². The van der Waals surface area contributed by atoms with E-state index >= 15 is 0 Å². The van der Waals surface area contributed by atoms with Gasteiger partial charge in [-0.3, -0.25) is 9.11 Å². The third kappa shape index (κ3) is 8.66. The van der Waals surface area contributed by atoms with Crippen LogP contribution in [0, 0.1) is 0 Å². The van der Waals surface area contributed by atoms with Crippen molar-refractivity contribution in [1.29, 1.82) is 0 Å². The highest BCUT2D eigenvalue weighted by Crippen LogP contribution is 2.46. The number of allylic oxidation sites excluding steroid dienone is 2. The molecule has 1 aliphatic heterocycles. The number of nitrogens with one attached hydrogen (secondary N) is 2. The number of rotatable bonds is 14. The Morgan fingerprint density at radius 1 is 0.867 bits per heavy atom. The van der Waals surface area contributed by atoms with Crippen LogP contribution in [0.1, 0.15) is 56.5 Å². The van der Waals surface area contributed by atoms with Crippen molar-refractivity contribution in [2.75, 3.05) is 28.3 Å². The molecule has 4 N–H and O–H groups in total. The first kappa shape index (κ1) is 35.8. The number of unbranched alkanes of at least 4 members (excludes halogenated alkanes) is 2. The minimum absolute atomic E-state index is 0.272. The van der Waals surface area contributed by atoms with Crippen molar-refractivity contribution in [3.63, 3.8) is 0 Å². The molecule has 0 atom stereocenters. The van der Waals surface area contributed by atoms with Crippen molar-refractivity contribution < 1.29 is 30.5 Å². The molecule has 2 aromatic carbocycles. The Bertz CT molecular complexity index is 1880. The van der Waals surface area contributed by atoms with E-state index in [2.05, 4.69) is 10.3 Å². The van der Waals surface area contributed by atoms with E-state index in [0.717, 1.165) is 45.2 Å². The fourth-order valence-electron chi connectivity index (χ4n) is 5.51. The van der Waals surface area contributed by atoms with Crippen LogP contribution in [-0.2, 0) is 39.6 Å². The Hall–Kier alpha value is -2.03. The fraction of sp³-hybridized carbons (Fsp3) is 0.414. The molecule has 0 saturated carbocycles. The smallest absolute Gasteiger partial charge is 0.280 e. The SMILES string of the molecule is CCc1c(Cl)c(Cl)cc2c1N(CCCCS(=O)(=O)O)C(=CC=Cc1[nH]c3cc(Cl)c(Cl)c(CC)c3[n+]1CCCCS(=O)(=O)O)N2. The molecule has 0 unspecified atom stereocenters. The molecule has 0 radical (unpaired) electrons. The molecule has 0 spiro atoms. The van der Waals surface area contributed by atoms with E-state index in [9.17, 15) is 25.9 Å². The molecule has 16 heteroatoms. The van der Waals surface area contributed by atoms with Gasteiger partial charge < -0.3 is 10.2 Å². The minimum atomic E-state index is -4.07. The van der Waals surface area contributed by atoms with Crippen molar-refractivity contribution in [2.24, 2.45) is 0 Å². The summed E-state index contributed by atoms with van der Waals surface area (Å²) in [6.07, 6.45) is 8.34. The van der Waals surface area contributed by atoms with Gasteiger partial charge in [0.15, 0.2) is 11.0 Å². The molecule has 0 fully saturated rings. The van der Waals surface area contributed by atoms with Gasteiger partial charge in [0.1, 0.15) is 5.82 Å². The first-order valence-corrected chi connectivity index (χ1v) is 19.1. The fourth-order valence-corrected chi connectivity index (χ4v) is 7.65. The Kier molecular flexibility index (Phi) is 11.8. The topological polar surface area (TPSA) is 144 Å². The van der Waals surface area contributed by atoms with Crippen LogP contribution in [-0.4, -0.2) is 49.0 Å². The van der Waals surface area contributed by atoms with Gasteiger partial charge in [0.2, 0.25) is 0 Å². The van der Waals surface area contributed by atoms with E-state index in [1.807, 2.05) is 41.5 Å². The molecule has 45 heavy (non-hydrogen) atoms. The summed E-state index contributed by atoms with van der Waals surface area (Å²) in [7, 11) is -8.14. The molecule has 0 amide bonds.